The molecule has 5 heteroatoms. The van der Waals surface area contributed by atoms with Gasteiger partial charge in [-0.25, -0.2) is 0 Å². The number of rotatable bonds is 5. The van der Waals surface area contributed by atoms with E-state index in [0.717, 1.165) is 28.3 Å². The van der Waals surface area contributed by atoms with Crippen molar-refractivity contribution in [3.63, 3.8) is 0 Å². The third-order valence-electron chi connectivity index (χ3n) is 2.69. The predicted molar refractivity (Wildman–Crippen MR) is 66.2 cm³/mol. The van der Waals surface area contributed by atoms with Crippen LogP contribution < -0.4 is 15.8 Å². The molecule has 0 aliphatic carbocycles. The number of benzene rings is 1. The number of hydrogen-bond donors (Lipinski definition) is 2. The van der Waals surface area contributed by atoms with Gasteiger partial charge in [-0.05, 0) is 17.7 Å². The van der Waals surface area contributed by atoms with Crippen LogP contribution >= 0.6 is 11.6 Å². The maximum Gasteiger partial charge on any atom is 0.218 e. The maximum absolute atomic E-state index is 10.6. The average Bonchev–Trinajstić information content (AvgIpc) is 2.71. The minimum absolute atomic E-state index is 0.301. The van der Waals surface area contributed by atoms with Crippen LogP contribution in [-0.4, -0.2) is 19.1 Å². The van der Waals surface area contributed by atoms with E-state index in [2.05, 4.69) is 5.32 Å². The van der Waals surface area contributed by atoms with Crippen molar-refractivity contribution in [3.05, 3.63) is 28.3 Å². The van der Waals surface area contributed by atoms with Gasteiger partial charge in [0, 0.05) is 36.5 Å². The minimum Gasteiger partial charge on any atom is -0.493 e. The lowest BCUT2D eigenvalue weighted by Gasteiger charge is -2.09. The Morgan fingerprint density at radius 1 is 1.53 bits per heavy atom. The van der Waals surface area contributed by atoms with Crippen LogP contribution in [0.5, 0.6) is 5.75 Å². The van der Waals surface area contributed by atoms with Crippen molar-refractivity contribution in [1.29, 1.82) is 0 Å². The van der Waals surface area contributed by atoms with Crippen LogP contribution in [0.25, 0.3) is 0 Å². The fourth-order valence-electron chi connectivity index (χ4n) is 1.91. The first kappa shape index (κ1) is 12.2. The summed E-state index contributed by atoms with van der Waals surface area (Å²) in [6.07, 6.45) is 1.24. The molecule has 1 heterocycles. The average molecular weight is 255 g/mol. The highest BCUT2D eigenvalue weighted by Crippen LogP contribution is 2.32. The van der Waals surface area contributed by atoms with Crippen molar-refractivity contribution in [1.82, 2.24) is 5.32 Å². The normalized spacial score (nSPS) is 13.2. The SMILES string of the molecule is NC(=O)CCNCc1cc(Cl)cc2c1OCC2. The van der Waals surface area contributed by atoms with E-state index in [1.54, 1.807) is 0 Å². The number of ether oxygens (including phenoxy) is 1. The van der Waals surface area contributed by atoms with Gasteiger partial charge in [0.2, 0.25) is 5.91 Å². The molecule has 1 aromatic rings. The minimum atomic E-state index is -0.301. The second-order valence-corrected chi connectivity index (χ2v) is 4.48. The van der Waals surface area contributed by atoms with E-state index in [4.69, 9.17) is 22.1 Å². The number of carbonyl (C=O) groups excluding carboxylic acids is 1. The first-order valence-electron chi connectivity index (χ1n) is 5.60. The van der Waals surface area contributed by atoms with Crippen LogP contribution in [-0.2, 0) is 17.8 Å². The molecular weight excluding hydrogens is 240 g/mol. The Kier molecular flexibility index (Phi) is 3.86. The Hall–Kier alpha value is -1.26. The summed E-state index contributed by atoms with van der Waals surface area (Å²) in [5.74, 6) is 0.631. The van der Waals surface area contributed by atoms with Gasteiger partial charge in [0.1, 0.15) is 5.75 Å². The second kappa shape index (κ2) is 5.38. The van der Waals surface area contributed by atoms with Crippen molar-refractivity contribution in [2.75, 3.05) is 13.2 Å². The van der Waals surface area contributed by atoms with E-state index in [-0.39, 0.29) is 5.91 Å². The molecule has 1 aliphatic rings. The second-order valence-electron chi connectivity index (χ2n) is 4.04. The molecule has 0 fully saturated rings. The molecule has 0 radical (unpaired) electrons. The summed E-state index contributed by atoms with van der Waals surface area (Å²) in [6.45, 7) is 1.91. The summed E-state index contributed by atoms with van der Waals surface area (Å²) in [5, 5.41) is 3.87. The number of nitrogens with two attached hydrogens (primary N) is 1. The Morgan fingerprint density at radius 3 is 3.12 bits per heavy atom. The van der Waals surface area contributed by atoms with Gasteiger partial charge < -0.3 is 15.8 Å². The number of nitrogens with one attached hydrogen (secondary N) is 1. The predicted octanol–water partition coefficient (Wildman–Crippen LogP) is 1.24. The first-order valence-corrected chi connectivity index (χ1v) is 5.98. The number of amides is 1. The zero-order chi connectivity index (χ0) is 12.3. The molecule has 1 aromatic carbocycles. The smallest absolute Gasteiger partial charge is 0.218 e. The molecule has 0 spiro atoms. The fourth-order valence-corrected chi connectivity index (χ4v) is 2.18. The van der Waals surface area contributed by atoms with Gasteiger partial charge in [-0.1, -0.05) is 11.6 Å². The fraction of sp³-hybridized carbons (Fsp3) is 0.417. The van der Waals surface area contributed by atoms with Crippen LogP contribution in [0.3, 0.4) is 0 Å². The summed E-state index contributed by atoms with van der Waals surface area (Å²) >= 11 is 6.03. The molecule has 0 unspecified atom stereocenters. The maximum atomic E-state index is 10.6. The summed E-state index contributed by atoms with van der Waals surface area (Å²) in [7, 11) is 0. The van der Waals surface area contributed by atoms with Gasteiger partial charge >= 0.3 is 0 Å². The lowest BCUT2D eigenvalue weighted by molar-refractivity contribution is -0.117. The highest BCUT2D eigenvalue weighted by Gasteiger charge is 2.17. The van der Waals surface area contributed by atoms with Crippen molar-refractivity contribution < 1.29 is 9.53 Å². The van der Waals surface area contributed by atoms with E-state index in [1.807, 2.05) is 12.1 Å². The lowest BCUT2D eigenvalue weighted by Crippen LogP contribution is -2.21. The van der Waals surface area contributed by atoms with E-state index in [0.29, 0.717) is 26.1 Å². The molecule has 0 bridgehead atoms. The van der Waals surface area contributed by atoms with E-state index >= 15 is 0 Å². The molecule has 92 valence electrons. The molecule has 1 amide bonds. The van der Waals surface area contributed by atoms with Crippen molar-refractivity contribution in [2.45, 2.75) is 19.4 Å². The molecule has 0 aromatic heterocycles. The van der Waals surface area contributed by atoms with Gasteiger partial charge in [0.25, 0.3) is 0 Å². The largest absolute Gasteiger partial charge is 0.493 e. The summed E-state index contributed by atoms with van der Waals surface area (Å²) in [6, 6.07) is 3.83. The highest BCUT2D eigenvalue weighted by molar-refractivity contribution is 6.30. The third kappa shape index (κ3) is 3.11. The number of hydrogen-bond acceptors (Lipinski definition) is 3. The summed E-state index contributed by atoms with van der Waals surface area (Å²) in [5.41, 5.74) is 7.25. The van der Waals surface area contributed by atoms with Gasteiger partial charge in [0.15, 0.2) is 0 Å². The van der Waals surface area contributed by atoms with Crippen LogP contribution in [0.4, 0.5) is 0 Å². The molecule has 17 heavy (non-hydrogen) atoms. The summed E-state index contributed by atoms with van der Waals surface area (Å²) < 4.78 is 5.57. The quantitative estimate of drug-likeness (QED) is 0.777. The molecular formula is C12H15ClN2O2. The van der Waals surface area contributed by atoms with Gasteiger partial charge in [-0.2, -0.15) is 0 Å². The van der Waals surface area contributed by atoms with Crippen LogP contribution in [0.1, 0.15) is 17.5 Å². The third-order valence-corrected chi connectivity index (χ3v) is 2.91. The lowest BCUT2D eigenvalue weighted by atomic mass is 10.1. The first-order chi connectivity index (χ1) is 8.16. The molecule has 3 N–H and O–H groups in total. The van der Waals surface area contributed by atoms with Gasteiger partial charge in [-0.3, -0.25) is 4.79 Å². The topological polar surface area (TPSA) is 64.4 Å². The van der Waals surface area contributed by atoms with Gasteiger partial charge in [-0.15, -0.1) is 0 Å². The summed E-state index contributed by atoms with van der Waals surface area (Å²) in [4.78, 5) is 10.6. The molecule has 0 saturated heterocycles. The molecule has 0 atom stereocenters. The number of fused-ring (bicyclic) bond motifs is 1. The van der Waals surface area contributed by atoms with E-state index in [9.17, 15) is 4.79 Å². The highest BCUT2D eigenvalue weighted by atomic mass is 35.5. The monoisotopic (exact) mass is 254 g/mol. The Bertz CT molecular complexity index is 435. The van der Waals surface area contributed by atoms with Crippen LogP contribution in [0.2, 0.25) is 5.02 Å². The Balaban J connectivity index is 1.98. The molecule has 4 nitrogen and oxygen atoms in total. The van der Waals surface area contributed by atoms with E-state index < -0.39 is 0 Å². The van der Waals surface area contributed by atoms with Crippen molar-refractivity contribution in [2.24, 2.45) is 5.73 Å². The Labute approximate surface area is 105 Å². The number of primary amides is 1. The molecule has 1 aliphatic heterocycles. The Morgan fingerprint density at radius 2 is 2.35 bits per heavy atom. The number of halogens is 1. The van der Waals surface area contributed by atoms with Crippen molar-refractivity contribution >= 4 is 17.5 Å². The van der Waals surface area contributed by atoms with Crippen LogP contribution in [0.15, 0.2) is 12.1 Å². The van der Waals surface area contributed by atoms with Gasteiger partial charge in [0.05, 0.1) is 6.61 Å². The van der Waals surface area contributed by atoms with Crippen molar-refractivity contribution in [3.8, 4) is 5.75 Å². The molecule has 0 saturated carbocycles. The van der Waals surface area contributed by atoms with E-state index in [1.165, 1.54) is 0 Å². The molecule has 2 rings (SSSR count). The van der Waals surface area contributed by atoms with Crippen LogP contribution in [0, 0.1) is 0 Å². The standard InChI is InChI=1S/C12H15ClN2O2/c13-10-5-8-2-4-17-12(8)9(6-10)7-15-3-1-11(14)16/h5-6,15H,1-4,7H2,(H2,14,16). The zero-order valence-corrected chi connectivity index (χ0v) is 10.2. The zero-order valence-electron chi connectivity index (χ0n) is 9.46. The number of carbonyl (C=O) groups is 1.